The summed E-state index contributed by atoms with van der Waals surface area (Å²) in [6.45, 7) is 6.91. The topological polar surface area (TPSA) is 53.6 Å². The minimum absolute atomic E-state index is 0.163. The molecule has 0 aliphatic carbocycles. The SMILES string of the molecule is CC1(NC(=O)Nc2ccc(CCN3CCCCC3)cc2)CCOC1. The lowest BCUT2D eigenvalue weighted by molar-refractivity contribution is 0.172. The summed E-state index contributed by atoms with van der Waals surface area (Å²) >= 11 is 0. The molecule has 2 fully saturated rings. The van der Waals surface area contributed by atoms with Crippen LogP contribution in [0.4, 0.5) is 10.5 Å². The third-order valence-corrected chi connectivity index (χ3v) is 5.01. The van der Waals surface area contributed by atoms with Gasteiger partial charge in [-0.3, -0.25) is 0 Å². The first kappa shape index (κ1) is 17.2. The first-order valence-electron chi connectivity index (χ1n) is 9.11. The van der Waals surface area contributed by atoms with Gasteiger partial charge in [0, 0.05) is 18.8 Å². The fourth-order valence-corrected chi connectivity index (χ4v) is 3.43. The van der Waals surface area contributed by atoms with Gasteiger partial charge in [0.1, 0.15) is 0 Å². The molecule has 2 saturated heterocycles. The van der Waals surface area contributed by atoms with Gasteiger partial charge in [0.2, 0.25) is 0 Å². The van der Waals surface area contributed by atoms with Crippen LogP contribution >= 0.6 is 0 Å². The number of carbonyl (C=O) groups is 1. The van der Waals surface area contributed by atoms with Crippen LogP contribution in [0.5, 0.6) is 0 Å². The molecule has 1 aromatic carbocycles. The van der Waals surface area contributed by atoms with E-state index < -0.39 is 0 Å². The molecule has 2 amide bonds. The molecule has 0 saturated carbocycles. The summed E-state index contributed by atoms with van der Waals surface area (Å²) in [4.78, 5) is 14.7. The molecular weight excluding hydrogens is 302 g/mol. The lowest BCUT2D eigenvalue weighted by atomic mass is 10.0. The van der Waals surface area contributed by atoms with E-state index in [1.54, 1.807) is 0 Å². The summed E-state index contributed by atoms with van der Waals surface area (Å²) < 4.78 is 5.36. The number of benzene rings is 1. The lowest BCUT2D eigenvalue weighted by Crippen LogP contribution is -2.48. The standard InChI is InChI=1S/C19H29N3O2/c1-19(10-14-24-15-19)21-18(23)20-17-7-5-16(6-8-17)9-13-22-11-3-2-4-12-22/h5-8H,2-4,9-15H2,1H3,(H2,20,21,23). The van der Waals surface area contributed by atoms with Gasteiger partial charge in [0.05, 0.1) is 12.1 Å². The molecule has 2 heterocycles. The van der Waals surface area contributed by atoms with Crippen LogP contribution in [-0.4, -0.2) is 49.3 Å². The smallest absolute Gasteiger partial charge is 0.319 e. The van der Waals surface area contributed by atoms with Crippen molar-refractivity contribution in [3.05, 3.63) is 29.8 Å². The number of nitrogens with zero attached hydrogens (tertiary/aromatic N) is 1. The molecular formula is C19H29N3O2. The summed E-state index contributed by atoms with van der Waals surface area (Å²) in [5, 5.41) is 5.92. The average molecular weight is 331 g/mol. The highest BCUT2D eigenvalue weighted by atomic mass is 16.5. The van der Waals surface area contributed by atoms with Crippen molar-refractivity contribution in [3.8, 4) is 0 Å². The number of ether oxygens (including phenoxy) is 1. The maximum atomic E-state index is 12.1. The molecule has 1 unspecified atom stereocenters. The Morgan fingerprint density at radius 2 is 1.96 bits per heavy atom. The van der Waals surface area contributed by atoms with E-state index in [9.17, 15) is 4.79 Å². The van der Waals surface area contributed by atoms with Crippen LogP contribution in [0.15, 0.2) is 24.3 Å². The van der Waals surface area contributed by atoms with Crippen LogP contribution in [0.3, 0.4) is 0 Å². The van der Waals surface area contributed by atoms with Crippen molar-refractivity contribution in [2.45, 2.75) is 44.6 Å². The monoisotopic (exact) mass is 331 g/mol. The van der Waals surface area contributed by atoms with Crippen LogP contribution in [-0.2, 0) is 11.2 Å². The Hall–Kier alpha value is -1.59. The Balaban J connectivity index is 1.44. The molecule has 3 rings (SSSR count). The average Bonchev–Trinajstić information content (AvgIpc) is 3.01. The Morgan fingerprint density at radius 1 is 1.21 bits per heavy atom. The van der Waals surface area contributed by atoms with E-state index in [1.807, 2.05) is 19.1 Å². The third kappa shape index (κ3) is 4.95. The van der Waals surface area contributed by atoms with E-state index in [-0.39, 0.29) is 11.6 Å². The van der Waals surface area contributed by atoms with E-state index >= 15 is 0 Å². The molecule has 5 nitrogen and oxygen atoms in total. The van der Waals surface area contributed by atoms with E-state index in [4.69, 9.17) is 4.74 Å². The number of hydrogen-bond donors (Lipinski definition) is 2. The molecule has 2 aliphatic rings. The first-order valence-corrected chi connectivity index (χ1v) is 9.11. The normalized spacial score (nSPS) is 24.7. The molecule has 2 N–H and O–H groups in total. The first-order chi connectivity index (χ1) is 11.6. The molecule has 0 aromatic heterocycles. The highest BCUT2D eigenvalue weighted by Gasteiger charge is 2.31. The van der Waals surface area contributed by atoms with Gasteiger partial charge >= 0.3 is 6.03 Å². The van der Waals surface area contributed by atoms with Gasteiger partial charge in [-0.05, 0) is 63.4 Å². The maximum Gasteiger partial charge on any atom is 0.319 e. The Bertz CT molecular complexity index is 532. The summed E-state index contributed by atoms with van der Waals surface area (Å²) in [5.74, 6) is 0. The van der Waals surface area contributed by atoms with Gasteiger partial charge in [-0.1, -0.05) is 18.6 Å². The number of urea groups is 1. The maximum absolute atomic E-state index is 12.1. The van der Waals surface area contributed by atoms with Crippen molar-refractivity contribution in [2.24, 2.45) is 0 Å². The molecule has 0 bridgehead atoms. The molecule has 24 heavy (non-hydrogen) atoms. The van der Waals surface area contributed by atoms with Gasteiger partial charge < -0.3 is 20.3 Å². The number of amides is 2. The zero-order valence-corrected chi connectivity index (χ0v) is 14.6. The number of rotatable bonds is 5. The summed E-state index contributed by atoms with van der Waals surface area (Å²) in [6.07, 6.45) is 5.98. The second-order valence-electron chi connectivity index (χ2n) is 7.29. The van der Waals surface area contributed by atoms with Crippen LogP contribution in [0.25, 0.3) is 0 Å². The molecule has 5 heteroatoms. The summed E-state index contributed by atoms with van der Waals surface area (Å²) in [5.41, 5.74) is 1.90. The molecule has 1 atom stereocenters. The molecule has 132 valence electrons. The van der Waals surface area contributed by atoms with Crippen LogP contribution in [0.2, 0.25) is 0 Å². The summed E-state index contributed by atoms with van der Waals surface area (Å²) in [6, 6.07) is 8.03. The van der Waals surface area contributed by atoms with Gasteiger partial charge in [-0.2, -0.15) is 0 Å². The van der Waals surface area contributed by atoms with Gasteiger partial charge in [0.25, 0.3) is 0 Å². The van der Waals surface area contributed by atoms with E-state index in [0.29, 0.717) is 13.2 Å². The molecule has 0 spiro atoms. The summed E-state index contributed by atoms with van der Waals surface area (Å²) in [7, 11) is 0. The predicted octanol–water partition coefficient (Wildman–Crippen LogP) is 3.02. The van der Waals surface area contributed by atoms with E-state index in [2.05, 4.69) is 27.7 Å². The number of nitrogens with one attached hydrogen (secondary N) is 2. The van der Waals surface area contributed by atoms with Gasteiger partial charge in [-0.15, -0.1) is 0 Å². The second-order valence-corrected chi connectivity index (χ2v) is 7.29. The Morgan fingerprint density at radius 3 is 2.62 bits per heavy atom. The molecule has 0 radical (unpaired) electrons. The molecule has 1 aromatic rings. The molecule has 2 aliphatic heterocycles. The minimum Gasteiger partial charge on any atom is -0.379 e. The van der Waals surface area contributed by atoms with Crippen LogP contribution in [0, 0.1) is 0 Å². The zero-order chi connectivity index (χ0) is 16.8. The zero-order valence-electron chi connectivity index (χ0n) is 14.6. The quantitative estimate of drug-likeness (QED) is 0.872. The fourth-order valence-electron chi connectivity index (χ4n) is 3.43. The van der Waals surface area contributed by atoms with Crippen molar-refractivity contribution in [1.29, 1.82) is 0 Å². The number of likely N-dealkylation sites (tertiary alicyclic amines) is 1. The van der Waals surface area contributed by atoms with Crippen molar-refractivity contribution < 1.29 is 9.53 Å². The van der Waals surface area contributed by atoms with Crippen molar-refractivity contribution >= 4 is 11.7 Å². The Kier molecular flexibility index (Phi) is 5.74. The minimum atomic E-state index is -0.252. The van der Waals surface area contributed by atoms with Crippen LogP contribution < -0.4 is 10.6 Å². The predicted molar refractivity (Wildman–Crippen MR) is 96.4 cm³/mol. The van der Waals surface area contributed by atoms with Gasteiger partial charge in [0.15, 0.2) is 0 Å². The number of hydrogen-bond acceptors (Lipinski definition) is 3. The van der Waals surface area contributed by atoms with Gasteiger partial charge in [-0.25, -0.2) is 4.79 Å². The highest BCUT2D eigenvalue weighted by Crippen LogP contribution is 2.18. The number of anilines is 1. The fraction of sp³-hybridized carbons (Fsp3) is 0.632. The number of piperidine rings is 1. The third-order valence-electron chi connectivity index (χ3n) is 5.01. The van der Waals surface area contributed by atoms with E-state index in [1.165, 1.54) is 37.9 Å². The van der Waals surface area contributed by atoms with Crippen molar-refractivity contribution in [2.75, 3.05) is 38.2 Å². The van der Waals surface area contributed by atoms with Crippen molar-refractivity contribution in [1.82, 2.24) is 10.2 Å². The second kappa shape index (κ2) is 7.99. The van der Waals surface area contributed by atoms with E-state index in [0.717, 1.165) is 25.1 Å². The number of carbonyl (C=O) groups excluding carboxylic acids is 1. The Labute approximate surface area is 144 Å². The highest BCUT2D eigenvalue weighted by molar-refractivity contribution is 5.89. The van der Waals surface area contributed by atoms with Crippen LogP contribution in [0.1, 0.15) is 38.2 Å². The van der Waals surface area contributed by atoms with Crippen molar-refractivity contribution in [3.63, 3.8) is 0 Å². The lowest BCUT2D eigenvalue weighted by Gasteiger charge is -2.26. The largest absolute Gasteiger partial charge is 0.379 e.